The number of carbonyl (C=O) groups is 2. The smallest absolute Gasteiger partial charge is 0.466 e. The van der Waals surface area contributed by atoms with Crippen LogP contribution in [-0.4, -0.2) is 99.2 Å². The standard InChI is InChI=1S/C22H28N4O6.H3O4P/c27-11-9-23-5-7-25-13-1-2-14(26-8-6-24-10-12-28)18-17(13)21(31)19-15(29)3-4-16(30)20(19)22(18)32;1-5(2,3)4/h1-4,23-30H,5-12H2;(H3,1,2,3,4). The summed E-state index contributed by atoms with van der Waals surface area (Å²) in [5.74, 6) is -1.86. The number of anilines is 2. The van der Waals surface area contributed by atoms with Crippen molar-refractivity contribution in [3.63, 3.8) is 0 Å². The zero-order valence-electron chi connectivity index (χ0n) is 19.8. The topological polar surface area (TPSA) is 241 Å². The van der Waals surface area contributed by atoms with Crippen LogP contribution in [0.15, 0.2) is 24.3 Å². The van der Waals surface area contributed by atoms with Crippen molar-refractivity contribution in [2.75, 3.05) is 63.1 Å². The third-order valence-electron chi connectivity index (χ3n) is 5.09. The molecule has 1 aliphatic carbocycles. The predicted molar refractivity (Wildman–Crippen MR) is 134 cm³/mol. The van der Waals surface area contributed by atoms with Gasteiger partial charge in [-0.25, -0.2) is 4.57 Å². The van der Waals surface area contributed by atoms with Gasteiger partial charge in [0.1, 0.15) is 11.5 Å². The van der Waals surface area contributed by atoms with Crippen molar-refractivity contribution in [1.29, 1.82) is 0 Å². The molecule has 0 fully saturated rings. The number of aliphatic hydroxyl groups excluding tert-OH is 2. The van der Waals surface area contributed by atoms with Crippen molar-refractivity contribution in [3.8, 4) is 11.5 Å². The van der Waals surface area contributed by atoms with Crippen molar-refractivity contribution in [1.82, 2.24) is 10.6 Å². The van der Waals surface area contributed by atoms with E-state index in [0.717, 1.165) is 0 Å². The number of phosphoric acid groups is 1. The number of aromatic hydroxyl groups is 2. The SMILES string of the molecule is O=C1c2c(O)ccc(O)c2C(=O)c2c(NCCNCCO)ccc(NCCNCCO)c21.O=P(O)(O)O. The van der Waals surface area contributed by atoms with Crippen molar-refractivity contribution < 1.29 is 49.3 Å². The van der Waals surface area contributed by atoms with Crippen LogP contribution < -0.4 is 21.3 Å². The van der Waals surface area contributed by atoms with Gasteiger partial charge in [-0.1, -0.05) is 0 Å². The van der Waals surface area contributed by atoms with Gasteiger partial charge in [-0.3, -0.25) is 9.59 Å². The highest BCUT2D eigenvalue weighted by Gasteiger charge is 2.37. The van der Waals surface area contributed by atoms with E-state index in [4.69, 9.17) is 29.5 Å². The molecular weight excluding hydrogens is 511 g/mol. The quantitative estimate of drug-likeness (QED) is 0.0742. The van der Waals surface area contributed by atoms with E-state index in [1.165, 1.54) is 12.1 Å². The van der Waals surface area contributed by atoms with E-state index in [1.807, 2.05) is 0 Å². The van der Waals surface area contributed by atoms with Gasteiger partial charge in [0.2, 0.25) is 11.6 Å². The Balaban J connectivity index is 0.000000877. The number of ketones is 2. The number of hydrogen-bond acceptors (Lipinski definition) is 11. The summed E-state index contributed by atoms with van der Waals surface area (Å²) in [4.78, 5) is 48.3. The van der Waals surface area contributed by atoms with Crippen LogP contribution in [0.5, 0.6) is 11.5 Å². The Kier molecular flexibility index (Phi) is 11.4. The largest absolute Gasteiger partial charge is 0.507 e. The molecule has 0 saturated carbocycles. The lowest BCUT2D eigenvalue weighted by Crippen LogP contribution is -2.28. The van der Waals surface area contributed by atoms with Crippen molar-refractivity contribution >= 4 is 30.8 Å². The number of fused-ring (bicyclic) bond motifs is 2. The second-order valence-electron chi connectivity index (χ2n) is 7.74. The maximum atomic E-state index is 13.4. The molecule has 0 unspecified atom stereocenters. The number of phenolic OH excluding ortho intramolecular Hbond substituents is 2. The summed E-state index contributed by atoms with van der Waals surface area (Å²) in [6.45, 7) is 2.81. The van der Waals surface area contributed by atoms with Gasteiger partial charge in [0, 0.05) is 50.6 Å². The zero-order chi connectivity index (χ0) is 27.6. The van der Waals surface area contributed by atoms with E-state index in [2.05, 4.69) is 21.3 Å². The minimum atomic E-state index is -4.64. The summed E-state index contributed by atoms with van der Waals surface area (Å²) < 4.78 is 8.88. The first-order valence-electron chi connectivity index (χ1n) is 11.2. The molecule has 0 atom stereocenters. The van der Waals surface area contributed by atoms with Crippen LogP contribution in [0.25, 0.3) is 0 Å². The van der Waals surface area contributed by atoms with E-state index in [9.17, 15) is 19.8 Å². The Morgan fingerprint density at radius 3 is 1.27 bits per heavy atom. The van der Waals surface area contributed by atoms with Gasteiger partial charge >= 0.3 is 7.82 Å². The van der Waals surface area contributed by atoms with Gasteiger partial charge in [-0.15, -0.1) is 0 Å². The summed E-state index contributed by atoms with van der Waals surface area (Å²) in [6.07, 6.45) is 0. The Morgan fingerprint density at radius 1 is 0.595 bits per heavy atom. The third kappa shape index (κ3) is 8.49. The van der Waals surface area contributed by atoms with E-state index < -0.39 is 19.4 Å². The fraction of sp³-hybridized carbons (Fsp3) is 0.364. The monoisotopic (exact) mass is 542 g/mol. The Hall–Kier alpha value is -3.07. The fourth-order valence-electron chi connectivity index (χ4n) is 3.64. The summed E-state index contributed by atoms with van der Waals surface area (Å²) in [6, 6.07) is 5.74. The van der Waals surface area contributed by atoms with Gasteiger partial charge in [0.05, 0.1) is 35.5 Å². The Labute approximate surface area is 212 Å². The lowest BCUT2D eigenvalue weighted by atomic mass is 9.81. The third-order valence-corrected chi connectivity index (χ3v) is 5.09. The van der Waals surface area contributed by atoms with Crippen molar-refractivity contribution in [2.45, 2.75) is 0 Å². The second-order valence-corrected chi connectivity index (χ2v) is 8.76. The van der Waals surface area contributed by atoms with Crippen LogP contribution in [0.3, 0.4) is 0 Å². The molecule has 0 radical (unpaired) electrons. The molecule has 0 aromatic heterocycles. The zero-order valence-corrected chi connectivity index (χ0v) is 20.7. The number of carbonyl (C=O) groups excluding carboxylic acids is 2. The summed E-state index contributed by atoms with van der Waals surface area (Å²) in [5.41, 5.74) is 0.678. The molecular formula is C22H31N4O10P. The fourth-order valence-corrected chi connectivity index (χ4v) is 3.64. The van der Waals surface area contributed by atoms with Crippen LogP contribution in [0.1, 0.15) is 31.8 Å². The molecule has 0 bridgehead atoms. The van der Waals surface area contributed by atoms with Gasteiger partial charge in [-0.2, -0.15) is 0 Å². The number of rotatable bonds is 12. The lowest BCUT2D eigenvalue weighted by Gasteiger charge is -2.25. The molecule has 0 aliphatic heterocycles. The molecule has 3 rings (SSSR count). The first-order valence-corrected chi connectivity index (χ1v) is 12.8. The van der Waals surface area contributed by atoms with Gasteiger partial charge < -0.3 is 56.4 Å². The van der Waals surface area contributed by atoms with E-state index in [1.54, 1.807) is 12.1 Å². The molecule has 0 saturated heterocycles. The number of phenols is 2. The summed E-state index contributed by atoms with van der Waals surface area (Å²) in [5, 5.41) is 50.6. The number of nitrogens with one attached hydrogen (secondary N) is 4. The molecule has 15 heteroatoms. The summed E-state index contributed by atoms with van der Waals surface area (Å²) >= 11 is 0. The molecule has 2 aromatic carbocycles. The van der Waals surface area contributed by atoms with Crippen LogP contribution in [0.4, 0.5) is 11.4 Å². The number of hydrogen-bond donors (Lipinski definition) is 11. The average Bonchev–Trinajstić information content (AvgIpc) is 2.82. The average molecular weight is 542 g/mol. The molecule has 1 aliphatic rings. The van der Waals surface area contributed by atoms with E-state index in [0.29, 0.717) is 50.6 Å². The van der Waals surface area contributed by atoms with Crippen LogP contribution in [-0.2, 0) is 4.57 Å². The minimum Gasteiger partial charge on any atom is -0.507 e. The molecule has 0 spiro atoms. The molecule has 204 valence electrons. The highest BCUT2D eigenvalue weighted by Crippen LogP contribution is 2.42. The maximum Gasteiger partial charge on any atom is 0.466 e. The minimum absolute atomic E-state index is 0.00939. The maximum absolute atomic E-state index is 13.4. The molecule has 14 nitrogen and oxygen atoms in total. The first-order chi connectivity index (χ1) is 17.5. The Bertz CT molecular complexity index is 1070. The predicted octanol–water partition coefficient (Wildman–Crippen LogP) is -1.07. The highest BCUT2D eigenvalue weighted by atomic mass is 31.2. The van der Waals surface area contributed by atoms with Crippen LogP contribution in [0, 0.1) is 0 Å². The van der Waals surface area contributed by atoms with Crippen LogP contribution in [0.2, 0.25) is 0 Å². The van der Waals surface area contributed by atoms with Gasteiger partial charge in [0.25, 0.3) is 0 Å². The lowest BCUT2D eigenvalue weighted by molar-refractivity contribution is 0.0975. The Morgan fingerprint density at radius 2 is 0.946 bits per heavy atom. The van der Waals surface area contributed by atoms with E-state index in [-0.39, 0.29) is 47.0 Å². The van der Waals surface area contributed by atoms with Gasteiger partial charge in [-0.05, 0) is 24.3 Å². The molecule has 0 heterocycles. The molecule has 2 aromatic rings. The summed E-state index contributed by atoms with van der Waals surface area (Å²) in [7, 11) is -4.64. The first kappa shape index (κ1) is 30.2. The van der Waals surface area contributed by atoms with Crippen molar-refractivity contribution in [2.24, 2.45) is 0 Å². The van der Waals surface area contributed by atoms with Crippen molar-refractivity contribution in [3.05, 3.63) is 46.5 Å². The van der Waals surface area contributed by atoms with Crippen LogP contribution >= 0.6 is 7.82 Å². The number of aliphatic hydroxyl groups is 2. The number of benzene rings is 2. The van der Waals surface area contributed by atoms with Gasteiger partial charge in [0.15, 0.2) is 0 Å². The molecule has 37 heavy (non-hydrogen) atoms. The second kappa shape index (κ2) is 14.0. The molecule has 11 N–H and O–H groups in total. The normalized spacial score (nSPS) is 12.4. The van der Waals surface area contributed by atoms with E-state index >= 15 is 0 Å². The molecule has 0 amide bonds. The highest BCUT2D eigenvalue weighted by molar-refractivity contribution is 7.45.